The first-order valence-corrected chi connectivity index (χ1v) is 14.4. The Morgan fingerprint density at radius 1 is 0.718 bits per heavy atom. The van der Waals surface area contributed by atoms with Crippen LogP contribution in [-0.4, -0.2) is 29.2 Å². The predicted octanol–water partition coefficient (Wildman–Crippen LogP) is 9.07. The first kappa shape index (κ1) is 26.0. The monoisotopic (exact) mass is 554 g/mol. The molecule has 0 unspecified atom stereocenters. The third-order valence-corrected chi connectivity index (χ3v) is 8.49. The van der Waals surface area contributed by atoms with E-state index < -0.39 is 0 Å². The van der Waals surface area contributed by atoms with Gasteiger partial charge in [0.1, 0.15) is 12.4 Å². The predicted molar refractivity (Wildman–Crippen MR) is 163 cm³/mol. The van der Waals surface area contributed by atoms with Gasteiger partial charge in [-0.05, 0) is 78.9 Å². The van der Waals surface area contributed by atoms with Gasteiger partial charge >= 0.3 is 0 Å². The van der Waals surface area contributed by atoms with Gasteiger partial charge in [-0.2, -0.15) is 0 Å². The Balaban J connectivity index is 1.29. The largest absolute Gasteiger partial charge is 0.492 e. The smallest absolute Gasteiger partial charge is 0.119 e. The lowest BCUT2D eigenvalue weighted by Gasteiger charge is -2.33. The second kappa shape index (κ2) is 11.9. The third kappa shape index (κ3) is 5.58. The fourth-order valence-electron chi connectivity index (χ4n) is 5.97. The van der Waals surface area contributed by atoms with Gasteiger partial charge in [0.25, 0.3) is 0 Å². The Kier molecular flexibility index (Phi) is 7.92. The van der Waals surface area contributed by atoms with E-state index in [1.54, 1.807) is 0 Å². The van der Waals surface area contributed by atoms with Crippen molar-refractivity contribution in [3.05, 3.63) is 124 Å². The molecular weight excluding hydrogens is 523 g/mol. The van der Waals surface area contributed by atoms with Crippen LogP contribution in [0.4, 0.5) is 0 Å². The van der Waals surface area contributed by atoms with Crippen LogP contribution in [0, 0.1) is 0 Å². The van der Waals surface area contributed by atoms with E-state index in [0.717, 1.165) is 60.4 Å². The summed E-state index contributed by atoms with van der Waals surface area (Å²) in [6.07, 6.45) is 2.10. The normalized spacial score (nSPS) is 14.6. The number of benzene rings is 4. The Morgan fingerprint density at radius 3 is 2.08 bits per heavy atom. The first-order valence-electron chi connectivity index (χ1n) is 13.7. The molecule has 1 aliphatic heterocycles. The molecule has 0 N–H and O–H groups in total. The molecule has 0 atom stereocenters. The number of hydrogen-bond acceptors (Lipinski definition) is 2. The minimum atomic E-state index is 0.396. The van der Waals surface area contributed by atoms with Crippen molar-refractivity contribution >= 4 is 34.1 Å². The maximum absolute atomic E-state index is 6.56. The van der Waals surface area contributed by atoms with Gasteiger partial charge in [-0.15, -0.1) is 0 Å². The van der Waals surface area contributed by atoms with Crippen LogP contribution in [0.25, 0.3) is 22.2 Å². The molecular formula is C34H32Cl2N2O. The van der Waals surface area contributed by atoms with Gasteiger partial charge in [0, 0.05) is 27.5 Å². The van der Waals surface area contributed by atoms with Gasteiger partial charge < -0.3 is 9.30 Å². The van der Waals surface area contributed by atoms with E-state index in [9.17, 15) is 0 Å². The molecule has 2 heterocycles. The van der Waals surface area contributed by atoms with Crippen LogP contribution < -0.4 is 4.74 Å². The number of hydrogen-bond donors (Lipinski definition) is 0. The summed E-state index contributed by atoms with van der Waals surface area (Å²) in [5.74, 6) is 1.30. The third-order valence-electron chi connectivity index (χ3n) is 7.83. The molecule has 0 amide bonds. The van der Waals surface area contributed by atoms with E-state index >= 15 is 0 Å². The van der Waals surface area contributed by atoms with Crippen LogP contribution in [0.5, 0.6) is 5.75 Å². The van der Waals surface area contributed by atoms with Crippen LogP contribution in [0.2, 0.25) is 10.0 Å². The van der Waals surface area contributed by atoms with Gasteiger partial charge in [-0.25, -0.2) is 0 Å². The molecule has 39 heavy (non-hydrogen) atoms. The summed E-state index contributed by atoms with van der Waals surface area (Å²) in [7, 11) is 0. The molecule has 0 saturated carbocycles. The molecule has 6 rings (SSSR count). The van der Waals surface area contributed by atoms with Crippen molar-refractivity contribution in [1.82, 2.24) is 9.47 Å². The fourth-order valence-corrected chi connectivity index (χ4v) is 6.68. The molecule has 4 aromatic carbocycles. The summed E-state index contributed by atoms with van der Waals surface area (Å²) in [4.78, 5) is 2.58. The summed E-state index contributed by atoms with van der Waals surface area (Å²) in [5, 5.41) is 2.88. The molecule has 5 heteroatoms. The van der Waals surface area contributed by atoms with Gasteiger partial charge in [-0.1, -0.05) is 96.0 Å². The number of piperidine rings is 1. The maximum Gasteiger partial charge on any atom is 0.119 e. The number of nitrogens with zero attached hydrogens (tertiary/aromatic N) is 2. The van der Waals surface area contributed by atoms with Gasteiger partial charge in [0.05, 0.1) is 12.2 Å². The Hall–Kier alpha value is -3.24. The highest BCUT2D eigenvalue weighted by molar-refractivity contribution is 6.36. The number of halogens is 2. The lowest BCUT2D eigenvalue weighted by atomic mass is 9.89. The molecule has 5 aromatic rings. The first-order chi connectivity index (χ1) is 19.2. The number of likely N-dealkylation sites (tertiary alicyclic amines) is 1. The van der Waals surface area contributed by atoms with Gasteiger partial charge in [-0.3, -0.25) is 4.90 Å². The van der Waals surface area contributed by atoms with Crippen molar-refractivity contribution < 1.29 is 4.74 Å². The average molecular weight is 556 g/mol. The molecule has 1 aromatic heterocycles. The zero-order chi connectivity index (χ0) is 26.6. The summed E-state index contributed by atoms with van der Waals surface area (Å²) < 4.78 is 8.57. The Morgan fingerprint density at radius 2 is 1.36 bits per heavy atom. The minimum Gasteiger partial charge on any atom is -0.492 e. The molecule has 0 aliphatic carbocycles. The second-order valence-electron chi connectivity index (χ2n) is 10.2. The minimum absolute atomic E-state index is 0.396. The molecule has 3 nitrogen and oxygen atoms in total. The molecule has 1 fully saturated rings. The van der Waals surface area contributed by atoms with E-state index in [0.29, 0.717) is 12.5 Å². The number of aromatic nitrogens is 1. The van der Waals surface area contributed by atoms with E-state index in [1.165, 1.54) is 27.7 Å². The van der Waals surface area contributed by atoms with E-state index in [2.05, 4.69) is 64.1 Å². The van der Waals surface area contributed by atoms with Crippen LogP contribution in [0.15, 0.2) is 103 Å². The van der Waals surface area contributed by atoms with E-state index in [-0.39, 0.29) is 0 Å². The molecule has 1 aliphatic rings. The van der Waals surface area contributed by atoms with Crippen molar-refractivity contribution in [1.29, 1.82) is 0 Å². The quantitative estimate of drug-likeness (QED) is 0.190. The fraction of sp³-hybridized carbons (Fsp3) is 0.235. The Bertz CT molecular complexity index is 1520. The number of fused-ring (bicyclic) bond motifs is 1. The highest BCUT2D eigenvalue weighted by Gasteiger charge is 2.26. The topological polar surface area (TPSA) is 17.4 Å². The van der Waals surface area contributed by atoms with Crippen molar-refractivity contribution in [2.45, 2.75) is 31.8 Å². The van der Waals surface area contributed by atoms with Crippen LogP contribution >= 0.6 is 23.2 Å². The zero-order valence-corrected chi connectivity index (χ0v) is 23.4. The lowest BCUT2D eigenvalue weighted by Crippen LogP contribution is -2.32. The maximum atomic E-state index is 6.56. The number of para-hydroxylation sites is 2. The summed E-state index contributed by atoms with van der Waals surface area (Å²) in [6, 6.07) is 35.5. The van der Waals surface area contributed by atoms with Gasteiger partial charge in [0.15, 0.2) is 0 Å². The SMILES string of the molecule is Clc1cccc(Cl)c1C1CCN(Cc2c(-c3ccccc3)n(CCOc3ccccc3)c3ccccc23)CC1. The molecule has 0 spiro atoms. The number of rotatable bonds is 8. The summed E-state index contributed by atoms with van der Waals surface area (Å²) in [6.45, 7) is 4.30. The second-order valence-corrected chi connectivity index (χ2v) is 11.0. The highest BCUT2D eigenvalue weighted by atomic mass is 35.5. The zero-order valence-electron chi connectivity index (χ0n) is 21.9. The van der Waals surface area contributed by atoms with Crippen LogP contribution in [0.3, 0.4) is 0 Å². The molecule has 198 valence electrons. The Labute approximate surface area is 240 Å². The highest BCUT2D eigenvalue weighted by Crippen LogP contribution is 2.39. The summed E-state index contributed by atoms with van der Waals surface area (Å²) >= 11 is 13.1. The van der Waals surface area contributed by atoms with Crippen molar-refractivity contribution in [2.75, 3.05) is 19.7 Å². The van der Waals surface area contributed by atoms with Crippen LogP contribution in [0.1, 0.15) is 29.9 Å². The van der Waals surface area contributed by atoms with E-state index in [1.807, 2.05) is 48.5 Å². The van der Waals surface area contributed by atoms with E-state index in [4.69, 9.17) is 27.9 Å². The van der Waals surface area contributed by atoms with Gasteiger partial charge in [0.2, 0.25) is 0 Å². The van der Waals surface area contributed by atoms with Crippen molar-refractivity contribution in [3.63, 3.8) is 0 Å². The summed E-state index contributed by atoms with van der Waals surface area (Å²) in [5.41, 5.74) is 6.26. The molecule has 0 bridgehead atoms. The lowest BCUT2D eigenvalue weighted by molar-refractivity contribution is 0.205. The standard InChI is InChI=1S/C34H32Cl2N2O/c35-30-15-9-16-31(36)33(30)25-18-20-37(21-19-25)24-29-28-14-7-8-17-32(28)38(34(29)26-10-3-1-4-11-26)22-23-39-27-12-5-2-6-13-27/h1-17,25H,18-24H2. The number of ether oxygens (including phenoxy) is 1. The van der Waals surface area contributed by atoms with Crippen molar-refractivity contribution in [3.8, 4) is 17.0 Å². The van der Waals surface area contributed by atoms with Crippen LogP contribution in [-0.2, 0) is 13.1 Å². The molecule has 1 saturated heterocycles. The average Bonchev–Trinajstić information content (AvgIpc) is 3.28. The molecule has 0 radical (unpaired) electrons. The van der Waals surface area contributed by atoms with Crippen molar-refractivity contribution in [2.24, 2.45) is 0 Å².